The molecule has 0 aliphatic carbocycles. The molecule has 38 heavy (non-hydrogen) atoms. The zero-order chi connectivity index (χ0) is 27.6. The fraction of sp³-hybridized carbons (Fsp3) is 0.259. The highest BCUT2D eigenvalue weighted by Gasteiger charge is 2.16. The van der Waals surface area contributed by atoms with E-state index >= 15 is 0 Å². The SMILES string of the molecule is COc1cc(N(C)CCN(C)C(=O)O)c(N)cc1Nc1nccc(-c2cc(C#N)c3c(c2)c(C)cn3C)n1. The fourth-order valence-corrected chi connectivity index (χ4v) is 4.37. The lowest BCUT2D eigenvalue weighted by Crippen LogP contribution is -2.34. The van der Waals surface area contributed by atoms with E-state index < -0.39 is 6.09 Å². The number of benzene rings is 2. The van der Waals surface area contributed by atoms with Crippen LogP contribution in [0.15, 0.2) is 42.7 Å². The molecule has 11 nitrogen and oxygen atoms in total. The maximum absolute atomic E-state index is 11.1. The lowest BCUT2D eigenvalue weighted by molar-refractivity contribution is 0.157. The number of methoxy groups -OCH3 is 1. The number of anilines is 4. The second-order valence-corrected chi connectivity index (χ2v) is 9.08. The Kier molecular flexibility index (Phi) is 7.25. The van der Waals surface area contributed by atoms with E-state index in [1.54, 1.807) is 31.5 Å². The summed E-state index contributed by atoms with van der Waals surface area (Å²) in [6, 6.07) is 11.5. The summed E-state index contributed by atoms with van der Waals surface area (Å²) in [7, 11) is 6.83. The normalized spacial score (nSPS) is 10.7. The molecule has 2 aromatic heterocycles. The van der Waals surface area contributed by atoms with Crippen LogP contribution in [0.4, 0.5) is 27.8 Å². The Morgan fingerprint density at radius 1 is 1.26 bits per heavy atom. The minimum absolute atomic E-state index is 0.316. The number of carbonyl (C=O) groups is 1. The number of carboxylic acid groups (broad SMARTS) is 1. The van der Waals surface area contributed by atoms with Gasteiger partial charge in [-0.1, -0.05) is 0 Å². The largest absolute Gasteiger partial charge is 0.494 e. The summed E-state index contributed by atoms with van der Waals surface area (Å²) in [6.45, 7) is 2.78. The molecule has 4 aromatic rings. The molecular formula is C27H30N8O3. The van der Waals surface area contributed by atoms with Gasteiger partial charge in [0.15, 0.2) is 0 Å². The van der Waals surface area contributed by atoms with Crippen molar-refractivity contribution in [2.75, 3.05) is 50.2 Å². The second-order valence-electron chi connectivity index (χ2n) is 9.08. The van der Waals surface area contributed by atoms with E-state index in [4.69, 9.17) is 15.6 Å². The van der Waals surface area contributed by atoms with E-state index in [9.17, 15) is 10.1 Å². The number of nitriles is 1. The summed E-state index contributed by atoms with van der Waals surface area (Å²) in [6.07, 6.45) is 2.66. The van der Waals surface area contributed by atoms with Gasteiger partial charge in [0.2, 0.25) is 5.95 Å². The van der Waals surface area contributed by atoms with E-state index in [1.165, 1.54) is 11.9 Å². The van der Waals surface area contributed by atoms with Crippen LogP contribution in [0, 0.1) is 18.3 Å². The first kappa shape index (κ1) is 26.1. The first-order valence-electron chi connectivity index (χ1n) is 11.9. The van der Waals surface area contributed by atoms with Gasteiger partial charge in [-0.25, -0.2) is 14.8 Å². The summed E-state index contributed by atoms with van der Waals surface area (Å²) in [5.74, 6) is 0.863. The minimum Gasteiger partial charge on any atom is -0.494 e. The van der Waals surface area contributed by atoms with Crippen molar-refractivity contribution in [3.05, 3.63) is 53.9 Å². The van der Waals surface area contributed by atoms with Gasteiger partial charge in [0.25, 0.3) is 0 Å². The molecule has 0 radical (unpaired) electrons. The van der Waals surface area contributed by atoms with Crippen LogP contribution in [0.25, 0.3) is 22.2 Å². The average Bonchev–Trinajstić information content (AvgIpc) is 3.19. The van der Waals surface area contributed by atoms with Gasteiger partial charge in [0.1, 0.15) is 11.8 Å². The van der Waals surface area contributed by atoms with Gasteiger partial charge in [0, 0.05) is 63.6 Å². The molecule has 0 aliphatic heterocycles. The van der Waals surface area contributed by atoms with Gasteiger partial charge < -0.3 is 35.3 Å². The van der Waals surface area contributed by atoms with Crippen LogP contribution in [0.1, 0.15) is 11.1 Å². The molecule has 4 N–H and O–H groups in total. The average molecular weight is 515 g/mol. The molecule has 1 amide bonds. The first-order valence-corrected chi connectivity index (χ1v) is 11.9. The summed E-state index contributed by atoms with van der Waals surface area (Å²) >= 11 is 0. The minimum atomic E-state index is -0.992. The number of likely N-dealkylation sites (N-methyl/N-ethyl adjacent to an activating group) is 2. The second kappa shape index (κ2) is 10.6. The smallest absolute Gasteiger partial charge is 0.407 e. The number of aromatic nitrogens is 3. The highest BCUT2D eigenvalue weighted by Crippen LogP contribution is 2.36. The van der Waals surface area contributed by atoms with Crippen molar-refractivity contribution in [1.29, 1.82) is 5.26 Å². The molecule has 0 aliphatic rings. The van der Waals surface area contributed by atoms with E-state index in [2.05, 4.69) is 21.4 Å². The van der Waals surface area contributed by atoms with Crippen molar-refractivity contribution in [3.8, 4) is 23.1 Å². The van der Waals surface area contributed by atoms with E-state index in [0.29, 0.717) is 53.1 Å². The van der Waals surface area contributed by atoms with Crippen LogP contribution >= 0.6 is 0 Å². The Morgan fingerprint density at radius 2 is 2.03 bits per heavy atom. The molecule has 0 bridgehead atoms. The molecule has 0 saturated carbocycles. The predicted octanol–water partition coefficient (Wildman–Crippen LogP) is 4.20. The summed E-state index contributed by atoms with van der Waals surface area (Å²) in [4.78, 5) is 23.2. The van der Waals surface area contributed by atoms with Gasteiger partial charge in [-0.2, -0.15) is 5.26 Å². The monoisotopic (exact) mass is 514 g/mol. The Balaban J connectivity index is 1.63. The van der Waals surface area contributed by atoms with Crippen LogP contribution < -0.4 is 20.7 Å². The van der Waals surface area contributed by atoms with Crippen LogP contribution in [-0.2, 0) is 7.05 Å². The van der Waals surface area contributed by atoms with Crippen LogP contribution in [0.5, 0.6) is 5.75 Å². The van der Waals surface area contributed by atoms with E-state index in [1.807, 2.05) is 48.8 Å². The van der Waals surface area contributed by atoms with Crippen molar-refractivity contribution >= 4 is 40.0 Å². The number of hydrogen-bond donors (Lipinski definition) is 3. The zero-order valence-electron chi connectivity index (χ0n) is 22.0. The van der Waals surface area contributed by atoms with Crippen LogP contribution in [-0.4, -0.2) is 64.9 Å². The molecular weight excluding hydrogens is 484 g/mol. The lowest BCUT2D eigenvalue weighted by Gasteiger charge is -2.25. The molecule has 0 fully saturated rings. The number of aryl methyl sites for hydroxylation is 2. The molecule has 2 aromatic carbocycles. The fourth-order valence-electron chi connectivity index (χ4n) is 4.37. The number of nitrogens with two attached hydrogens (primary N) is 1. The predicted molar refractivity (Wildman–Crippen MR) is 148 cm³/mol. The van der Waals surface area contributed by atoms with Gasteiger partial charge in [0.05, 0.1) is 40.9 Å². The Morgan fingerprint density at radius 3 is 2.71 bits per heavy atom. The molecule has 0 unspecified atom stereocenters. The highest BCUT2D eigenvalue weighted by atomic mass is 16.5. The molecule has 11 heteroatoms. The molecule has 4 rings (SSSR count). The van der Waals surface area contributed by atoms with Gasteiger partial charge in [-0.3, -0.25) is 0 Å². The standard InChI is InChI=1S/C27H30N8O3/c1-16-15-35(4)25-18(14-28)10-17(11-19(16)25)21-6-7-30-26(31-21)32-22-12-20(29)23(13-24(22)38-5)33(2)8-9-34(3)27(36)37/h6-7,10-13,15H,8-9,29H2,1-5H3,(H,36,37)(H,30,31,32). The Bertz CT molecular complexity index is 1560. The Hall–Kier alpha value is -4.98. The van der Waals surface area contributed by atoms with Crippen molar-refractivity contribution in [3.63, 3.8) is 0 Å². The maximum Gasteiger partial charge on any atom is 0.407 e. The molecule has 196 valence electrons. The third-order valence-electron chi connectivity index (χ3n) is 6.45. The quantitative estimate of drug-likeness (QED) is 0.295. The van der Waals surface area contributed by atoms with Crippen molar-refractivity contribution in [1.82, 2.24) is 19.4 Å². The summed E-state index contributed by atoms with van der Waals surface area (Å²) < 4.78 is 7.55. The molecule has 0 atom stereocenters. The third-order valence-corrected chi connectivity index (χ3v) is 6.45. The first-order chi connectivity index (χ1) is 18.1. The van der Waals surface area contributed by atoms with Crippen molar-refractivity contribution in [2.24, 2.45) is 7.05 Å². The maximum atomic E-state index is 11.1. The number of fused-ring (bicyclic) bond motifs is 1. The number of hydrogen-bond acceptors (Lipinski definition) is 8. The van der Waals surface area contributed by atoms with E-state index in [-0.39, 0.29) is 0 Å². The zero-order valence-corrected chi connectivity index (χ0v) is 22.0. The Labute approximate surface area is 220 Å². The molecule has 0 saturated heterocycles. The molecule has 0 spiro atoms. The third kappa shape index (κ3) is 5.10. The summed E-state index contributed by atoms with van der Waals surface area (Å²) in [5.41, 5.74) is 12.1. The number of nitrogens with zero attached hydrogens (tertiary/aromatic N) is 6. The van der Waals surface area contributed by atoms with Crippen molar-refractivity contribution < 1.29 is 14.6 Å². The number of amides is 1. The van der Waals surface area contributed by atoms with E-state index in [0.717, 1.165) is 22.0 Å². The lowest BCUT2D eigenvalue weighted by atomic mass is 10.0. The van der Waals surface area contributed by atoms with Gasteiger partial charge in [-0.15, -0.1) is 0 Å². The number of ether oxygens (including phenoxy) is 1. The summed E-state index contributed by atoms with van der Waals surface area (Å²) in [5, 5.41) is 23.0. The van der Waals surface area contributed by atoms with Crippen molar-refractivity contribution in [2.45, 2.75) is 6.92 Å². The van der Waals surface area contributed by atoms with Crippen LogP contribution in [0.2, 0.25) is 0 Å². The molecule has 2 heterocycles. The van der Waals surface area contributed by atoms with Gasteiger partial charge >= 0.3 is 6.09 Å². The highest BCUT2D eigenvalue weighted by molar-refractivity contribution is 5.92. The number of nitrogens with one attached hydrogen (secondary N) is 1. The number of nitrogen functional groups attached to an aromatic ring is 1. The number of rotatable bonds is 8. The topological polar surface area (TPSA) is 146 Å². The van der Waals surface area contributed by atoms with Gasteiger partial charge in [-0.05, 0) is 36.8 Å². The van der Waals surface area contributed by atoms with Crippen LogP contribution in [0.3, 0.4) is 0 Å².